The van der Waals surface area contributed by atoms with Gasteiger partial charge in [-0.1, -0.05) is 6.92 Å². The fraction of sp³-hybridized carbons (Fsp3) is 0.778. The maximum atomic E-state index is 12.8. The lowest BCUT2D eigenvalue weighted by Crippen LogP contribution is -2.66. The molecule has 27 heavy (non-hydrogen) atoms. The fourth-order valence-corrected chi connectivity index (χ4v) is 6.58. The van der Waals surface area contributed by atoms with E-state index in [9.17, 15) is 24.9 Å². The van der Waals surface area contributed by atoms with E-state index in [2.05, 4.69) is 0 Å². The second-order valence-electron chi connectivity index (χ2n) is 8.88. The summed E-state index contributed by atoms with van der Waals surface area (Å²) in [5, 5.41) is 30.5. The van der Waals surface area contributed by atoms with E-state index in [1.807, 2.05) is 6.92 Å². The van der Waals surface area contributed by atoms with E-state index >= 15 is 0 Å². The van der Waals surface area contributed by atoms with Gasteiger partial charge in [-0.25, -0.2) is 4.79 Å². The van der Waals surface area contributed by atoms with Crippen molar-refractivity contribution in [3.05, 3.63) is 11.6 Å². The SMILES string of the molecule is C[C@@]12C3=CC(=O)O[C@H]([C@H](O)CO)[C@]34O[C@@H]4[C@H]3OC(=O)[C@](C)([C@H]31)[C@@H](O)[C@H]1O[C@H]12. The lowest BCUT2D eigenvalue weighted by molar-refractivity contribution is -0.162. The average molecular weight is 380 g/mol. The monoisotopic (exact) mass is 380 g/mol. The van der Waals surface area contributed by atoms with Crippen LogP contribution in [0.25, 0.3) is 0 Å². The van der Waals surface area contributed by atoms with Crippen molar-refractivity contribution in [3.63, 3.8) is 0 Å². The Bertz CT molecular complexity index is 824. The topological polar surface area (TPSA) is 138 Å². The smallest absolute Gasteiger partial charge is 0.331 e. The molecule has 3 saturated heterocycles. The number of aliphatic hydroxyl groups is 3. The second-order valence-corrected chi connectivity index (χ2v) is 8.88. The van der Waals surface area contributed by atoms with Crippen LogP contribution in [-0.4, -0.2) is 82.2 Å². The molecule has 0 aromatic carbocycles. The van der Waals surface area contributed by atoms with Gasteiger partial charge >= 0.3 is 11.9 Å². The van der Waals surface area contributed by atoms with Crippen molar-refractivity contribution >= 4 is 11.9 Å². The van der Waals surface area contributed by atoms with Crippen LogP contribution in [0.5, 0.6) is 0 Å². The van der Waals surface area contributed by atoms with Crippen LogP contribution >= 0.6 is 0 Å². The van der Waals surface area contributed by atoms with Gasteiger partial charge in [0.2, 0.25) is 0 Å². The number of carbonyl (C=O) groups is 2. The standard InChI is InChI=1S/C18H20O9/c1-16-6-3-7(21)24-12(5(20)4-19)18(6)14(27-18)8-10(16)17(2,15(23)26-8)11(22)9-13(16)25-9/h3,5,8-14,19-20,22H,4H2,1-2H3/t5-,8+,9-,10-,11+,12-,13-,14-,16-,17-,18-/m1/s1. The Labute approximate surface area is 153 Å². The molecule has 4 heterocycles. The third-order valence-electron chi connectivity index (χ3n) is 7.80. The molecule has 0 amide bonds. The van der Waals surface area contributed by atoms with E-state index in [0.29, 0.717) is 5.57 Å². The second kappa shape index (κ2) is 4.38. The highest BCUT2D eigenvalue weighted by molar-refractivity contribution is 5.88. The molecule has 0 aromatic rings. The van der Waals surface area contributed by atoms with E-state index in [1.54, 1.807) is 6.92 Å². The first-order valence-electron chi connectivity index (χ1n) is 9.17. The fourth-order valence-electron chi connectivity index (χ4n) is 6.58. The molecule has 0 aromatic heterocycles. The first kappa shape index (κ1) is 16.4. The van der Waals surface area contributed by atoms with Crippen molar-refractivity contribution in [2.24, 2.45) is 16.7 Å². The molecule has 1 spiro atoms. The summed E-state index contributed by atoms with van der Waals surface area (Å²) < 4.78 is 22.8. The summed E-state index contributed by atoms with van der Waals surface area (Å²) in [6, 6.07) is 0. The molecule has 2 saturated carbocycles. The molecular weight excluding hydrogens is 360 g/mol. The summed E-state index contributed by atoms with van der Waals surface area (Å²) in [6.07, 6.45) is -4.29. The molecule has 0 unspecified atom stereocenters. The van der Waals surface area contributed by atoms with Gasteiger partial charge < -0.3 is 34.3 Å². The number of cyclic esters (lactones) is 1. The molecule has 6 rings (SSSR count). The molecule has 2 aliphatic carbocycles. The maximum absolute atomic E-state index is 12.8. The average Bonchev–Trinajstić information content (AvgIpc) is 3.53. The van der Waals surface area contributed by atoms with Crippen molar-refractivity contribution in [3.8, 4) is 0 Å². The lowest BCUT2D eigenvalue weighted by atomic mass is 9.46. The number of carbonyl (C=O) groups excluding carboxylic acids is 2. The highest BCUT2D eigenvalue weighted by atomic mass is 16.7. The molecule has 146 valence electrons. The molecule has 9 heteroatoms. The molecule has 9 nitrogen and oxygen atoms in total. The number of rotatable bonds is 2. The molecule has 0 radical (unpaired) electrons. The number of epoxide rings is 2. The van der Waals surface area contributed by atoms with Crippen molar-refractivity contribution in [1.82, 2.24) is 0 Å². The van der Waals surface area contributed by atoms with Gasteiger partial charge in [-0.2, -0.15) is 0 Å². The maximum Gasteiger partial charge on any atom is 0.331 e. The molecule has 5 fully saturated rings. The highest BCUT2D eigenvalue weighted by Gasteiger charge is 2.89. The normalized spacial score (nSPS) is 60.0. The summed E-state index contributed by atoms with van der Waals surface area (Å²) in [5.74, 6) is -1.60. The van der Waals surface area contributed by atoms with Gasteiger partial charge in [0.25, 0.3) is 0 Å². The Morgan fingerprint density at radius 2 is 1.89 bits per heavy atom. The van der Waals surface area contributed by atoms with Crippen LogP contribution in [0.1, 0.15) is 13.8 Å². The van der Waals surface area contributed by atoms with Gasteiger partial charge in [0.15, 0.2) is 11.7 Å². The van der Waals surface area contributed by atoms with E-state index in [4.69, 9.17) is 18.9 Å². The quantitative estimate of drug-likeness (QED) is 0.368. The third-order valence-corrected chi connectivity index (χ3v) is 7.80. The highest BCUT2D eigenvalue weighted by Crippen LogP contribution is 2.75. The molecule has 6 aliphatic rings. The minimum Gasteiger partial charge on any atom is -0.459 e. The molecule has 4 aliphatic heterocycles. The summed E-state index contributed by atoms with van der Waals surface area (Å²) in [4.78, 5) is 25.1. The lowest BCUT2D eigenvalue weighted by Gasteiger charge is -2.53. The van der Waals surface area contributed by atoms with Gasteiger partial charge in [0.1, 0.15) is 29.8 Å². The predicted molar refractivity (Wildman–Crippen MR) is 82.9 cm³/mol. The zero-order chi connectivity index (χ0) is 19.1. The minimum atomic E-state index is -1.34. The number of aliphatic hydroxyl groups excluding tert-OH is 3. The Morgan fingerprint density at radius 3 is 2.59 bits per heavy atom. The zero-order valence-electron chi connectivity index (χ0n) is 14.7. The van der Waals surface area contributed by atoms with Crippen LogP contribution in [-0.2, 0) is 28.5 Å². The number of ether oxygens (including phenoxy) is 4. The number of hydrogen-bond acceptors (Lipinski definition) is 9. The molecule has 3 N–H and O–H groups in total. The Kier molecular flexibility index (Phi) is 2.67. The predicted octanol–water partition coefficient (Wildman–Crippen LogP) is -1.96. The summed E-state index contributed by atoms with van der Waals surface area (Å²) in [6.45, 7) is 2.97. The molecule has 11 atom stereocenters. The Hall–Kier alpha value is -1.52. The van der Waals surface area contributed by atoms with Gasteiger partial charge in [0.05, 0.1) is 18.8 Å². The van der Waals surface area contributed by atoms with Crippen LogP contribution in [0, 0.1) is 16.7 Å². The number of fused-ring (bicyclic) bond motifs is 4. The zero-order valence-corrected chi connectivity index (χ0v) is 14.7. The van der Waals surface area contributed by atoms with Gasteiger partial charge in [-0.05, 0) is 12.5 Å². The molecule has 0 bridgehead atoms. The summed E-state index contributed by atoms with van der Waals surface area (Å²) in [7, 11) is 0. The van der Waals surface area contributed by atoms with Crippen LogP contribution in [0.2, 0.25) is 0 Å². The van der Waals surface area contributed by atoms with Crippen LogP contribution in [0.4, 0.5) is 0 Å². The number of hydrogen-bond donors (Lipinski definition) is 3. The third kappa shape index (κ3) is 1.48. The Morgan fingerprint density at radius 1 is 1.15 bits per heavy atom. The van der Waals surface area contributed by atoms with Crippen molar-refractivity contribution in [1.29, 1.82) is 0 Å². The Balaban J connectivity index is 1.58. The summed E-state index contributed by atoms with van der Waals surface area (Å²) >= 11 is 0. The van der Waals surface area contributed by atoms with Crippen LogP contribution < -0.4 is 0 Å². The first-order chi connectivity index (χ1) is 12.7. The molecular formula is C18H20O9. The van der Waals surface area contributed by atoms with Crippen molar-refractivity contribution in [2.75, 3.05) is 6.61 Å². The van der Waals surface area contributed by atoms with Crippen LogP contribution in [0.15, 0.2) is 11.6 Å². The van der Waals surface area contributed by atoms with E-state index in [1.165, 1.54) is 6.08 Å². The van der Waals surface area contributed by atoms with Gasteiger partial charge in [-0.15, -0.1) is 0 Å². The van der Waals surface area contributed by atoms with Gasteiger partial charge in [0, 0.05) is 17.4 Å². The minimum absolute atomic E-state index is 0.395. The number of esters is 2. The van der Waals surface area contributed by atoms with Gasteiger partial charge in [-0.3, -0.25) is 4.79 Å². The van der Waals surface area contributed by atoms with E-state index in [-0.39, 0.29) is 0 Å². The summed E-state index contributed by atoms with van der Waals surface area (Å²) in [5.41, 5.74) is -2.55. The van der Waals surface area contributed by atoms with Crippen molar-refractivity contribution < 1.29 is 43.9 Å². The van der Waals surface area contributed by atoms with E-state index < -0.39 is 83.6 Å². The first-order valence-corrected chi connectivity index (χ1v) is 9.17. The van der Waals surface area contributed by atoms with E-state index in [0.717, 1.165) is 0 Å². The van der Waals surface area contributed by atoms with Crippen molar-refractivity contribution in [2.45, 2.75) is 62.2 Å². The largest absolute Gasteiger partial charge is 0.459 e. The van der Waals surface area contributed by atoms with Crippen LogP contribution in [0.3, 0.4) is 0 Å².